The summed E-state index contributed by atoms with van der Waals surface area (Å²) in [5.41, 5.74) is 2.69. The van der Waals surface area contributed by atoms with Crippen LogP contribution in [-0.4, -0.2) is 29.4 Å². The van der Waals surface area contributed by atoms with E-state index >= 15 is 0 Å². The second kappa shape index (κ2) is 10.3. The lowest BCUT2D eigenvalue weighted by atomic mass is 10.1. The molecule has 1 heterocycles. The predicted octanol–water partition coefficient (Wildman–Crippen LogP) is 5.34. The molecular formula is C24H28N2O3S. The molecule has 0 bridgehead atoms. The Bertz CT molecular complexity index is 967. The van der Waals surface area contributed by atoms with Crippen LogP contribution in [0, 0.1) is 12.8 Å². The number of carbonyl (C=O) groups is 1. The standard InChI is InChI=1S/C24H28N2O3S/c1-17(2)13-26(24(27)19-8-10-21(28-4)11-9-19)14-20-16-30-23(25-20)15-29-22-7-5-6-18(3)12-22/h5-12,16-17H,13-15H2,1-4H3. The Morgan fingerprint density at radius 2 is 1.90 bits per heavy atom. The van der Waals surface area contributed by atoms with Gasteiger partial charge < -0.3 is 14.4 Å². The van der Waals surface area contributed by atoms with Crippen LogP contribution in [0.1, 0.15) is 40.5 Å². The number of thiazole rings is 1. The van der Waals surface area contributed by atoms with Gasteiger partial charge in [-0.15, -0.1) is 11.3 Å². The van der Waals surface area contributed by atoms with Gasteiger partial charge >= 0.3 is 0 Å². The zero-order valence-corrected chi connectivity index (χ0v) is 18.7. The van der Waals surface area contributed by atoms with Gasteiger partial charge in [-0.3, -0.25) is 4.79 Å². The average Bonchev–Trinajstić information content (AvgIpc) is 3.18. The van der Waals surface area contributed by atoms with Crippen LogP contribution < -0.4 is 9.47 Å². The van der Waals surface area contributed by atoms with Gasteiger partial charge in [0.1, 0.15) is 23.1 Å². The van der Waals surface area contributed by atoms with E-state index in [0.717, 1.165) is 27.8 Å². The first-order valence-corrected chi connectivity index (χ1v) is 10.9. The minimum atomic E-state index is -0.00286. The quantitative estimate of drug-likeness (QED) is 0.465. The van der Waals surface area contributed by atoms with E-state index in [2.05, 4.69) is 18.8 Å². The highest BCUT2D eigenvalue weighted by Crippen LogP contribution is 2.19. The first-order chi connectivity index (χ1) is 14.4. The van der Waals surface area contributed by atoms with Crippen molar-refractivity contribution < 1.29 is 14.3 Å². The van der Waals surface area contributed by atoms with Crippen molar-refractivity contribution in [2.75, 3.05) is 13.7 Å². The van der Waals surface area contributed by atoms with E-state index in [1.807, 2.05) is 53.6 Å². The fourth-order valence-electron chi connectivity index (χ4n) is 3.11. The van der Waals surface area contributed by atoms with E-state index in [9.17, 15) is 4.79 Å². The number of carbonyl (C=O) groups excluding carboxylic acids is 1. The summed E-state index contributed by atoms with van der Waals surface area (Å²) in [4.78, 5) is 19.6. The number of hydrogen-bond donors (Lipinski definition) is 0. The smallest absolute Gasteiger partial charge is 0.254 e. The third-order valence-corrected chi connectivity index (χ3v) is 5.38. The number of amides is 1. The zero-order valence-electron chi connectivity index (χ0n) is 17.9. The number of aromatic nitrogens is 1. The Balaban J connectivity index is 1.66. The summed E-state index contributed by atoms with van der Waals surface area (Å²) in [5.74, 6) is 1.93. The summed E-state index contributed by atoms with van der Waals surface area (Å²) >= 11 is 1.56. The first kappa shape index (κ1) is 21.8. The van der Waals surface area contributed by atoms with Crippen molar-refractivity contribution in [2.45, 2.75) is 33.9 Å². The van der Waals surface area contributed by atoms with Gasteiger partial charge in [-0.2, -0.15) is 0 Å². The minimum absolute atomic E-state index is 0.00286. The molecule has 0 saturated carbocycles. The van der Waals surface area contributed by atoms with Crippen molar-refractivity contribution in [1.82, 2.24) is 9.88 Å². The third-order valence-electron chi connectivity index (χ3n) is 4.51. The molecule has 0 aliphatic heterocycles. The molecule has 1 amide bonds. The normalized spacial score (nSPS) is 10.8. The topological polar surface area (TPSA) is 51.7 Å². The molecule has 6 heteroatoms. The van der Waals surface area contributed by atoms with E-state index in [-0.39, 0.29) is 5.91 Å². The molecule has 158 valence electrons. The molecule has 0 saturated heterocycles. The lowest BCUT2D eigenvalue weighted by Crippen LogP contribution is -2.33. The van der Waals surface area contributed by atoms with Crippen molar-refractivity contribution in [2.24, 2.45) is 5.92 Å². The van der Waals surface area contributed by atoms with Crippen LogP contribution in [0.4, 0.5) is 0 Å². The average molecular weight is 425 g/mol. The maximum Gasteiger partial charge on any atom is 0.254 e. The molecule has 0 N–H and O–H groups in total. The van der Waals surface area contributed by atoms with Crippen molar-refractivity contribution in [3.63, 3.8) is 0 Å². The zero-order chi connectivity index (χ0) is 21.5. The van der Waals surface area contributed by atoms with Gasteiger partial charge in [0.25, 0.3) is 5.91 Å². The van der Waals surface area contributed by atoms with Crippen LogP contribution in [0.15, 0.2) is 53.9 Å². The second-order valence-electron chi connectivity index (χ2n) is 7.65. The van der Waals surface area contributed by atoms with E-state index in [4.69, 9.17) is 9.47 Å². The van der Waals surface area contributed by atoms with Crippen LogP contribution >= 0.6 is 11.3 Å². The molecule has 3 rings (SSSR count). The summed E-state index contributed by atoms with van der Waals surface area (Å²) in [7, 11) is 1.62. The van der Waals surface area contributed by atoms with Gasteiger partial charge in [0, 0.05) is 17.5 Å². The summed E-state index contributed by atoms with van der Waals surface area (Å²) < 4.78 is 11.0. The van der Waals surface area contributed by atoms with E-state index < -0.39 is 0 Å². The summed E-state index contributed by atoms with van der Waals surface area (Å²) in [6, 6.07) is 15.2. The Hall–Kier alpha value is -2.86. The molecule has 2 aromatic carbocycles. The molecule has 0 spiro atoms. The number of methoxy groups -OCH3 is 1. The third kappa shape index (κ3) is 6.07. The lowest BCUT2D eigenvalue weighted by Gasteiger charge is -2.24. The summed E-state index contributed by atoms with van der Waals surface area (Å²) in [6.45, 7) is 7.82. The van der Waals surface area contributed by atoms with Gasteiger partial charge in [0.15, 0.2) is 0 Å². The SMILES string of the molecule is COc1ccc(C(=O)N(Cc2csc(COc3cccc(C)c3)n2)CC(C)C)cc1. The van der Waals surface area contributed by atoms with E-state index in [1.165, 1.54) is 0 Å². The molecule has 0 unspecified atom stereocenters. The van der Waals surface area contributed by atoms with Crippen LogP contribution in [0.5, 0.6) is 11.5 Å². The fourth-order valence-corrected chi connectivity index (χ4v) is 3.81. The van der Waals surface area contributed by atoms with Crippen molar-refractivity contribution >= 4 is 17.2 Å². The van der Waals surface area contributed by atoms with Crippen LogP contribution in [0.2, 0.25) is 0 Å². The number of hydrogen-bond acceptors (Lipinski definition) is 5. The number of rotatable bonds is 9. The lowest BCUT2D eigenvalue weighted by molar-refractivity contribution is 0.0720. The minimum Gasteiger partial charge on any atom is -0.497 e. The predicted molar refractivity (Wildman–Crippen MR) is 120 cm³/mol. The number of benzene rings is 2. The van der Waals surface area contributed by atoms with Gasteiger partial charge in [-0.05, 0) is 54.8 Å². The first-order valence-electron chi connectivity index (χ1n) is 10.0. The van der Waals surface area contributed by atoms with Gasteiger partial charge in [0.2, 0.25) is 0 Å². The fraction of sp³-hybridized carbons (Fsp3) is 0.333. The molecular weight excluding hydrogens is 396 g/mol. The highest BCUT2D eigenvalue weighted by atomic mass is 32.1. The Labute approximate surface area is 182 Å². The van der Waals surface area contributed by atoms with Crippen LogP contribution in [0.25, 0.3) is 0 Å². The Morgan fingerprint density at radius 1 is 1.13 bits per heavy atom. The molecule has 0 atom stereocenters. The largest absolute Gasteiger partial charge is 0.497 e. The summed E-state index contributed by atoms with van der Waals surface area (Å²) in [5, 5.41) is 2.90. The molecule has 0 aliphatic carbocycles. The molecule has 3 aromatic rings. The van der Waals surface area contributed by atoms with Crippen LogP contribution in [0.3, 0.4) is 0 Å². The number of nitrogens with zero attached hydrogens (tertiary/aromatic N) is 2. The molecule has 0 fully saturated rings. The number of aryl methyl sites for hydroxylation is 1. The molecule has 30 heavy (non-hydrogen) atoms. The molecule has 0 aliphatic rings. The highest BCUT2D eigenvalue weighted by molar-refractivity contribution is 7.09. The summed E-state index contributed by atoms with van der Waals surface area (Å²) in [6.07, 6.45) is 0. The molecule has 5 nitrogen and oxygen atoms in total. The molecule has 1 aromatic heterocycles. The maximum atomic E-state index is 13.1. The monoisotopic (exact) mass is 424 g/mol. The Morgan fingerprint density at radius 3 is 2.57 bits per heavy atom. The van der Waals surface area contributed by atoms with Crippen LogP contribution in [-0.2, 0) is 13.2 Å². The number of ether oxygens (including phenoxy) is 2. The van der Waals surface area contributed by atoms with Gasteiger partial charge in [0.05, 0.1) is 19.3 Å². The van der Waals surface area contributed by atoms with E-state index in [0.29, 0.717) is 31.2 Å². The highest BCUT2D eigenvalue weighted by Gasteiger charge is 2.19. The van der Waals surface area contributed by atoms with Crippen molar-refractivity contribution in [1.29, 1.82) is 0 Å². The van der Waals surface area contributed by atoms with Crippen molar-refractivity contribution in [3.05, 3.63) is 75.7 Å². The van der Waals surface area contributed by atoms with E-state index in [1.54, 1.807) is 30.6 Å². The Kier molecular flexibility index (Phi) is 7.46. The van der Waals surface area contributed by atoms with Gasteiger partial charge in [-0.1, -0.05) is 26.0 Å². The maximum absolute atomic E-state index is 13.1. The van der Waals surface area contributed by atoms with Crippen molar-refractivity contribution in [3.8, 4) is 11.5 Å². The molecule has 0 radical (unpaired) electrons. The van der Waals surface area contributed by atoms with Gasteiger partial charge in [-0.25, -0.2) is 4.98 Å². The second-order valence-corrected chi connectivity index (χ2v) is 8.59.